The fraction of sp³-hybridized carbons (Fsp3) is 0.414. The van der Waals surface area contributed by atoms with Crippen LogP contribution in [0.3, 0.4) is 0 Å². The van der Waals surface area contributed by atoms with E-state index in [1.807, 2.05) is 30.3 Å². The van der Waals surface area contributed by atoms with Crippen molar-refractivity contribution in [1.82, 2.24) is 14.5 Å². The summed E-state index contributed by atoms with van der Waals surface area (Å²) in [7, 11) is 0. The molecule has 1 aliphatic carbocycles. The molecule has 8 heteroatoms. The number of piperidine rings is 1. The summed E-state index contributed by atoms with van der Waals surface area (Å²) in [6.07, 6.45) is 5.58. The molecular weight excluding hydrogens is 476 g/mol. The van der Waals surface area contributed by atoms with Crippen molar-refractivity contribution in [2.24, 2.45) is 5.41 Å². The molecule has 2 fully saturated rings. The lowest BCUT2D eigenvalue weighted by molar-refractivity contribution is -0.160. The lowest BCUT2D eigenvalue weighted by atomic mass is 9.65. The number of carbonyl (C=O) groups is 1. The lowest BCUT2D eigenvalue weighted by Gasteiger charge is -2.52. The highest BCUT2D eigenvalue weighted by atomic mass is 19.1. The normalized spacial score (nSPS) is 20.9. The molecular formula is C29H31F2N3O3. The summed E-state index contributed by atoms with van der Waals surface area (Å²) in [4.78, 5) is 32.3. The molecule has 2 aliphatic rings. The number of benzene rings is 2. The van der Waals surface area contributed by atoms with Crippen LogP contribution in [-0.2, 0) is 17.8 Å². The minimum Gasteiger partial charge on any atom is -0.387 e. The van der Waals surface area contributed by atoms with E-state index in [2.05, 4.69) is 4.98 Å². The fourth-order valence-corrected chi connectivity index (χ4v) is 6.03. The van der Waals surface area contributed by atoms with Crippen LogP contribution in [0.15, 0.2) is 65.7 Å². The van der Waals surface area contributed by atoms with Gasteiger partial charge in [-0.1, -0.05) is 49.2 Å². The van der Waals surface area contributed by atoms with Crippen molar-refractivity contribution in [2.45, 2.75) is 57.1 Å². The maximum atomic E-state index is 14.0. The summed E-state index contributed by atoms with van der Waals surface area (Å²) in [6.45, 7) is 0.877. The first-order valence-corrected chi connectivity index (χ1v) is 12.8. The van der Waals surface area contributed by atoms with E-state index in [0.717, 1.165) is 37.3 Å². The third kappa shape index (κ3) is 5.07. The molecule has 0 bridgehead atoms. The third-order valence-corrected chi connectivity index (χ3v) is 8.19. The number of likely N-dealkylation sites (tertiary alicyclic amines) is 1. The van der Waals surface area contributed by atoms with Crippen LogP contribution in [0.1, 0.15) is 44.1 Å². The van der Waals surface area contributed by atoms with Gasteiger partial charge in [0.2, 0.25) is 5.91 Å². The molecule has 6 nitrogen and oxygen atoms in total. The van der Waals surface area contributed by atoms with E-state index in [1.54, 1.807) is 4.90 Å². The van der Waals surface area contributed by atoms with Crippen LogP contribution in [0.2, 0.25) is 0 Å². The van der Waals surface area contributed by atoms with E-state index < -0.39 is 22.7 Å². The van der Waals surface area contributed by atoms with Gasteiger partial charge in [-0.05, 0) is 37.3 Å². The highest BCUT2D eigenvalue weighted by Gasteiger charge is 2.55. The minimum atomic E-state index is -1.15. The number of aliphatic hydroxyl groups is 1. The Balaban J connectivity index is 1.30. The molecule has 2 aromatic carbocycles. The molecule has 0 unspecified atom stereocenters. The second kappa shape index (κ2) is 10.2. The van der Waals surface area contributed by atoms with Gasteiger partial charge in [0.15, 0.2) is 0 Å². The number of nitrogens with zero attached hydrogens (tertiary/aromatic N) is 3. The number of carbonyl (C=O) groups excluding carboxylic acids is 1. The Hall–Kier alpha value is -3.39. The third-order valence-electron chi connectivity index (χ3n) is 8.19. The molecule has 1 atom stereocenters. The van der Waals surface area contributed by atoms with Crippen LogP contribution in [0.25, 0.3) is 11.3 Å². The van der Waals surface area contributed by atoms with Crippen molar-refractivity contribution in [3.8, 4) is 11.3 Å². The topological polar surface area (TPSA) is 75.4 Å². The smallest absolute Gasteiger partial charge is 0.253 e. The summed E-state index contributed by atoms with van der Waals surface area (Å²) >= 11 is 0. The van der Waals surface area contributed by atoms with Gasteiger partial charge >= 0.3 is 0 Å². The van der Waals surface area contributed by atoms with Gasteiger partial charge in [0.25, 0.3) is 5.56 Å². The predicted molar refractivity (Wildman–Crippen MR) is 136 cm³/mol. The Morgan fingerprint density at radius 3 is 2.49 bits per heavy atom. The number of hydrogen-bond donors (Lipinski definition) is 1. The van der Waals surface area contributed by atoms with Crippen molar-refractivity contribution in [2.75, 3.05) is 13.1 Å². The Labute approximate surface area is 214 Å². The summed E-state index contributed by atoms with van der Waals surface area (Å²) in [5, 5.41) is 11.9. The number of amides is 1. The van der Waals surface area contributed by atoms with Crippen LogP contribution in [0, 0.1) is 17.0 Å². The van der Waals surface area contributed by atoms with Crippen molar-refractivity contribution >= 4 is 5.91 Å². The lowest BCUT2D eigenvalue weighted by Crippen LogP contribution is -2.62. The van der Waals surface area contributed by atoms with E-state index in [4.69, 9.17) is 0 Å². The number of aryl methyl sites for hydroxylation is 1. The van der Waals surface area contributed by atoms with Gasteiger partial charge in [-0.15, -0.1) is 0 Å². The first-order valence-electron chi connectivity index (χ1n) is 12.8. The highest BCUT2D eigenvalue weighted by molar-refractivity contribution is 5.76. The molecule has 1 aliphatic heterocycles. The molecule has 194 valence electrons. The van der Waals surface area contributed by atoms with Crippen LogP contribution >= 0.6 is 0 Å². The zero-order valence-electron chi connectivity index (χ0n) is 20.7. The predicted octanol–water partition coefficient (Wildman–Crippen LogP) is 4.35. The second-order valence-corrected chi connectivity index (χ2v) is 10.4. The van der Waals surface area contributed by atoms with E-state index in [9.17, 15) is 23.5 Å². The largest absolute Gasteiger partial charge is 0.387 e. The summed E-state index contributed by atoms with van der Waals surface area (Å²) in [5.74, 6) is -1.40. The molecule has 1 N–H and O–H groups in total. The number of aromatic nitrogens is 2. The molecule has 2 heterocycles. The Morgan fingerprint density at radius 1 is 1.03 bits per heavy atom. The monoisotopic (exact) mass is 507 g/mol. The fourth-order valence-electron chi connectivity index (χ4n) is 6.03. The van der Waals surface area contributed by atoms with Gasteiger partial charge < -0.3 is 10.0 Å². The van der Waals surface area contributed by atoms with Crippen molar-refractivity contribution < 1.29 is 18.7 Å². The van der Waals surface area contributed by atoms with Crippen LogP contribution in [0.5, 0.6) is 0 Å². The van der Waals surface area contributed by atoms with Gasteiger partial charge in [0.1, 0.15) is 11.6 Å². The van der Waals surface area contributed by atoms with Crippen molar-refractivity contribution in [3.05, 3.63) is 88.5 Å². The van der Waals surface area contributed by atoms with Gasteiger partial charge in [0.05, 0.1) is 24.2 Å². The summed E-state index contributed by atoms with van der Waals surface area (Å²) in [6, 6.07) is 14.4. The molecule has 1 saturated heterocycles. The quantitative estimate of drug-likeness (QED) is 0.539. The maximum Gasteiger partial charge on any atom is 0.253 e. The first-order chi connectivity index (χ1) is 17.8. The standard InChI is InChI=1S/C29H31F2N3O3/c30-23-10-8-21(24(31)16-23)9-11-26(35)33-15-14-29(37,28(18-33)12-4-5-13-28)19-34-20-32-25(17-27(34)36)22-6-2-1-3-7-22/h1-3,6-8,10,16-17,20,37H,4-5,9,11-15,18-19H2/t29-/m1/s1. The molecule has 3 aromatic rings. The molecule has 37 heavy (non-hydrogen) atoms. The summed E-state index contributed by atoms with van der Waals surface area (Å²) < 4.78 is 28.7. The summed E-state index contributed by atoms with van der Waals surface area (Å²) in [5.41, 5.74) is -0.143. The average molecular weight is 508 g/mol. The molecule has 1 aromatic heterocycles. The molecule has 1 spiro atoms. The van der Waals surface area contributed by atoms with E-state index in [1.165, 1.54) is 29.1 Å². The zero-order chi connectivity index (χ0) is 26.0. The van der Waals surface area contributed by atoms with Crippen molar-refractivity contribution in [3.63, 3.8) is 0 Å². The molecule has 1 saturated carbocycles. The van der Waals surface area contributed by atoms with Gasteiger partial charge in [0, 0.05) is 42.6 Å². The Morgan fingerprint density at radius 2 is 1.78 bits per heavy atom. The van der Waals surface area contributed by atoms with Crippen LogP contribution < -0.4 is 5.56 Å². The SMILES string of the molecule is O=C(CCc1ccc(F)cc1F)N1CC[C@@](O)(Cn2cnc(-c3ccccc3)cc2=O)C2(CCCC2)C1. The molecule has 5 rings (SSSR count). The van der Waals surface area contributed by atoms with E-state index in [0.29, 0.717) is 30.8 Å². The van der Waals surface area contributed by atoms with Crippen LogP contribution in [0.4, 0.5) is 8.78 Å². The van der Waals surface area contributed by atoms with Gasteiger partial charge in [-0.2, -0.15) is 0 Å². The minimum absolute atomic E-state index is 0.108. The Bertz CT molecular complexity index is 1340. The van der Waals surface area contributed by atoms with Gasteiger partial charge in [-0.25, -0.2) is 13.8 Å². The zero-order valence-corrected chi connectivity index (χ0v) is 20.7. The van der Waals surface area contributed by atoms with Gasteiger partial charge in [-0.3, -0.25) is 14.2 Å². The molecule has 0 radical (unpaired) electrons. The Kier molecular flexibility index (Phi) is 6.94. The number of hydrogen-bond acceptors (Lipinski definition) is 4. The first kappa shape index (κ1) is 25.3. The number of halogens is 2. The average Bonchev–Trinajstić information content (AvgIpc) is 3.37. The van der Waals surface area contributed by atoms with Crippen LogP contribution in [-0.4, -0.2) is 44.2 Å². The van der Waals surface area contributed by atoms with E-state index >= 15 is 0 Å². The second-order valence-electron chi connectivity index (χ2n) is 10.4. The number of rotatable bonds is 6. The highest BCUT2D eigenvalue weighted by Crippen LogP contribution is 2.51. The molecule has 1 amide bonds. The van der Waals surface area contributed by atoms with E-state index in [-0.39, 0.29) is 30.9 Å². The van der Waals surface area contributed by atoms with Crippen molar-refractivity contribution in [1.29, 1.82) is 0 Å². The maximum absolute atomic E-state index is 14.0.